The number of rotatable bonds is 2. The van der Waals surface area contributed by atoms with Crippen molar-refractivity contribution in [3.63, 3.8) is 0 Å². The highest BCUT2D eigenvalue weighted by Gasteiger charge is 2.49. The van der Waals surface area contributed by atoms with E-state index in [0.29, 0.717) is 24.3 Å². The Morgan fingerprint density at radius 3 is 2.25 bits per heavy atom. The molecular formula is C17H19F3N2O2. The minimum Gasteiger partial charge on any atom is -0.334 e. The lowest BCUT2D eigenvalue weighted by Crippen LogP contribution is -2.51. The molecule has 2 fully saturated rings. The number of alkyl halides is 3. The van der Waals surface area contributed by atoms with Crippen LogP contribution in [0.4, 0.5) is 13.2 Å². The lowest BCUT2D eigenvalue weighted by Gasteiger charge is -2.32. The molecule has 0 radical (unpaired) electrons. The van der Waals surface area contributed by atoms with E-state index in [1.807, 2.05) is 30.3 Å². The fourth-order valence-corrected chi connectivity index (χ4v) is 3.67. The molecule has 2 amide bonds. The van der Waals surface area contributed by atoms with Gasteiger partial charge in [-0.3, -0.25) is 9.59 Å². The van der Waals surface area contributed by atoms with Crippen LogP contribution in [0.5, 0.6) is 0 Å². The van der Waals surface area contributed by atoms with Crippen LogP contribution in [0, 0.1) is 0 Å². The van der Waals surface area contributed by atoms with Gasteiger partial charge in [-0.25, -0.2) is 0 Å². The van der Waals surface area contributed by atoms with E-state index in [2.05, 4.69) is 0 Å². The van der Waals surface area contributed by atoms with E-state index in [0.717, 1.165) is 18.4 Å². The molecule has 0 bridgehead atoms. The molecule has 0 saturated carbocycles. The van der Waals surface area contributed by atoms with Gasteiger partial charge in [-0.15, -0.1) is 0 Å². The van der Waals surface area contributed by atoms with Gasteiger partial charge < -0.3 is 9.80 Å². The van der Waals surface area contributed by atoms with Crippen LogP contribution in [0.3, 0.4) is 0 Å². The molecule has 0 aliphatic carbocycles. The third-order valence-corrected chi connectivity index (χ3v) is 4.76. The molecule has 2 aliphatic rings. The van der Waals surface area contributed by atoms with Crippen LogP contribution in [0.25, 0.3) is 0 Å². The van der Waals surface area contributed by atoms with Gasteiger partial charge in [-0.05, 0) is 31.2 Å². The van der Waals surface area contributed by atoms with Crippen LogP contribution in [0.15, 0.2) is 30.3 Å². The van der Waals surface area contributed by atoms with Gasteiger partial charge in [0.1, 0.15) is 6.04 Å². The number of halogens is 3. The van der Waals surface area contributed by atoms with Crippen molar-refractivity contribution >= 4 is 11.8 Å². The first-order valence-corrected chi connectivity index (χ1v) is 8.13. The summed E-state index contributed by atoms with van der Waals surface area (Å²) in [6.07, 6.45) is -2.63. The van der Waals surface area contributed by atoms with Gasteiger partial charge in [0, 0.05) is 13.1 Å². The predicted molar refractivity (Wildman–Crippen MR) is 80.9 cm³/mol. The van der Waals surface area contributed by atoms with Crippen LogP contribution < -0.4 is 0 Å². The third-order valence-electron chi connectivity index (χ3n) is 4.76. The molecule has 4 nitrogen and oxygen atoms in total. The molecule has 0 N–H and O–H groups in total. The molecule has 130 valence electrons. The van der Waals surface area contributed by atoms with Crippen molar-refractivity contribution in [2.75, 3.05) is 13.1 Å². The van der Waals surface area contributed by atoms with E-state index < -0.39 is 18.1 Å². The normalized spacial score (nSPS) is 24.5. The van der Waals surface area contributed by atoms with Gasteiger partial charge in [0.05, 0.1) is 6.04 Å². The molecule has 1 aromatic carbocycles. The summed E-state index contributed by atoms with van der Waals surface area (Å²) in [6, 6.07) is 8.36. The lowest BCUT2D eigenvalue weighted by atomic mass is 10.0. The predicted octanol–water partition coefficient (Wildman–Crippen LogP) is 2.90. The van der Waals surface area contributed by atoms with Crippen LogP contribution in [0.2, 0.25) is 0 Å². The molecule has 2 heterocycles. The Morgan fingerprint density at radius 1 is 0.958 bits per heavy atom. The smallest absolute Gasteiger partial charge is 0.334 e. The Kier molecular flexibility index (Phi) is 4.51. The van der Waals surface area contributed by atoms with Gasteiger partial charge in [0.25, 0.3) is 0 Å². The summed E-state index contributed by atoms with van der Waals surface area (Å²) in [7, 11) is 0. The fraction of sp³-hybridized carbons (Fsp3) is 0.529. The summed E-state index contributed by atoms with van der Waals surface area (Å²) in [4.78, 5) is 26.8. The molecular weight excluding hydrogens is 321 g/mol. The van der Waals surface area contributed by atoms with Crippen molar-refractivity contribution in [1.29, 1.82) is 0 Å². The van der Waals surface area contributed by atoms with Gasteiger partial charge in [-0.1, -0.05) is 30.3 Å². The number of benzene rings is 1. The fourth-order valence-electron chi connectivity index (χ4n) is 3.67. The van der Waals surface area contributed by atoms with Crippen LogP contribution in [0.1, 0.15) is 37.3 Å². The quantitative estimate of drug-likeness (QED) is 0.831. The summed E-state index contributed by atoms with van der Waals surface area (Å²) < 4.78 is 38.2. The van der Waals surface area contributed by atoms with Crippen molar-refractivity contribution in [1.82, 2.24) is 9.80 Å². The van der Waals surface area contributed by atoms with Crippen molar-refractivity contribution < 1.29 is 22.8 Å². The zero-order valence-corrected chi connectivity index (χ0v) is 13.1. The second kappa shape index (κ2) is 6.45. The highest BCUT2D eigenvalue weighted by atomic mass is 19.4. The number of likely N-dealkylation sites (tertiary alicyclic amines) is 2. The van der Waals surface area contributed by atoms with Crippen LogP contribution >= 0.6 is 0 Å². The molecule has 1 aromatic rings. The van der Waals surface area contributed by atoms with Crippen LogP contribution in [-0.2, 0) is 9.59 Å². The molecule has 0 aromatic heterocycles. The Hall–Kier alpha value is -2.05. The molecule has 2 unspecified atom stereocenters. The zero-order chi connectivity index (χ0) is 17.3. The summed E-state index contributed by atoms with van der Waals surface area (Å²) in [5.41, 5.74) is 0.982. The third kappa shape index (κ3) is 3.12. The van der Waals surface area contributed by atoms with E-state index in [1.54, 1.807) is 4.90 Å². The molecule has 2 saturated heterocycles. The second-order valence-corrected chi connectivity index (χ2v) is 6.25. The highest BCUT2D eigenvalue weighted by molar-refractivity contribution is 5.90. The summed E-state index contributed by atoms with van der Waals surface area (Å²) in [6.45, 7) is 0.502. The van der Waals surface area contributed by atoms with E-state index in [-0.39, 0.29) is 18.5 Å². The zero-order valence-electron chi connectivity index (χ0n) is 13.1. The summed E-state index contributed by atoms with van der Waals surface area (Å²) in [5, 5.41) is 0. The number of hydrogen-bond donors (Lipinski definition) is 0. The maximum Gasteiger partial charge on any atom is 0.471 e. The van der Waals surface area contributed by atoms with Crippen LogP contribution in [-0.4, -0.2) is 46.9 Å². The monoisotopic (exact) mass is 340 g/mol. The summed E-state index contributed by atoms with van der Waals surface area (Å²) >= 11 is 0. The minimum absolute atomic E-state index is 0.0153. The topological polar surface area (TPSA) is 40.6 Å². The minimum atomic E-state index is -4.94. The number of nitrogens with zero attached hydrogens (tertiary/aromatic N) is 2. The highest BCUT2D eigenvalue weighted by Crippen LogP contribution is 2.35. The number of amides is 2. The maximum atomic E-state index is 12.8. The second-order valence-electron chi connectivity index (χ2n) is 6.25. The van der Waals surface area contributed by atoms with Crippen molar-refractivity contribution in [2.45, 2.75) is 43.9 Å². The Bertz CT molecular complexity index is 618. The molecule has 0 spiro atoms. The number of hydrogen-bond acceptors (Lipinski definition) is 2. The lowest BCUT2D eigenvalue weighted by molar-refractivity contribution is -0.187. The van der Waals surface area contributed by atoms with Crippen molar-refractivity contribution in [2.24, 2.45) is 0 Å². The van der Waals surface area contributed by atoms with Gasteiger partial charge >= 0.3 is 12.1 Å². The molecule has 2 atom stereocenters. The average Bonchev–Trinajstić information content (AvgIpc) is 3.22. The van der Waals surface area contributed by atoms with Crippen molar-refractivity contribution in [3.05, 3.63) is 35.9 Å². The molecule has 7 heteroatoms. The molecule has 2 aliphatic heterocycles. The Labute approximate surface area is 138 Å². The molecule has 3 rings (SSSR count). The standard InChI is InChI=1S/C17H19F3N2O2/c18-17(19,20)16(24)22-11-5-9-14(22)15(23)21-10-4-8-13(21)12-6-2-1-3-7-12/h1-3,6-7,13-14H,4-5,8-11H2. The Balaban J connectivity index is 1.79. The first-order valence-electron chi connectivity index (χ1n) is 8.13. The molecule has 24 heavy (non-hydrogen) atoms. The van der Waals surface area contributed by atoms with Crippen molar-refractivity contribution in [3.8, 4) is 0 Å². The van der Waals surface area contributed by atoms with Gasteiger partial charge in [-0.2, -0.15) is 13.2 Å². The van der Waals surface area contributed by atoms with E-state index in [1.165, 1.54) is 0 Å². The maximum absolute atomic E-state index is 12.8. The first-order chi connectivity index (χ1) is 11.4. The number of carbonyl (C=O) groups excluding carboxylic acids is 2. The SMILES string of the molecule is O=C(C1CCCN1C(=O)C(F)(F)F)N1CCCC1c1ccccc1. The van der Waals surface area contributed by atoms with E-state index >= 15 is 0 Å². The van der Waals surface area contributed by atoms with Gasteiger partial charge in [0.15, 0.2) is 0 Å². The largest absolute Gasteiger partial charge is 0.471 e. The summed E-state index contributed by atoms with van der Waals surface area (Å²) in [5.74, 6) is -2.27. The van der Waals surface area contributed by atoms with E-state index in [4.69, 9.17) is 0 Å². The van der Waals surface area contributed by atoms with Gasteiger partial charge in [0.2, 0.25) is 5.91 Å². The first kappa shape index (κ1) is 16.8. The average molecular weight is 340 g/mol. The number of carbonyl (C=O) groups is 2. The Morgan fingerprint density at radius 2 is 1.58 bits per heavy atom. The van der Waals surface area contributed by atoms with E-state index in [9.17, 15) is 22.8 Å².